The minimum atomic E-state index is -4.24. The maximum atomic E-state index is 12.3. The number of aryl methyl sites for hydroxylation is 1. The number of aromatic hydroxyl groups is 2. The quantitative estimate of drug-likeness (QED) is 0.171. The number of allylic oxidation sites excluding steroid dienone is 2. The van der Waals surface area contributed by atoms with Crippen LogP contribution in [0.15, 0.2) is 42.5 Å². The molecule has 0 aliphatic heterocycles. The second kappa shape index (κ2) is 15.6. The van der Waals surface area contributed by atoms with Crippen molar-refractivity contribution in [1.82, 2.24) is 4.90 Å². The molecule has 0 saturated carbocycles. The van der Waals surface area contributed by atoms with Crippen molar-refractivity contribution in [3.05, 3.63) is 59.2 Å². The molecule has 1 unspecified atom stereocenters. The molecule has 0 radical (unpaired) electrons. The lowest BCUT2D eigenvalue weighted by atomic mass is 9.89. The van der Waals surface area contributed by atoms with E-state index < -0.39 is 23.8 Å². The molecule has 216 valence electrons. The topological polar surface area (TPSA) is 66.8 Å². The molecule has 1 aliphatic rings. The van der Waals surface area contributed by atoms with E-state index in [1.165, 1.54) is 22.3 Å². The lowest BCUT2D eigenvalue weighted by Crippen LogP contribution is -2.28. The van der Waals surface area contributed by atoms with Crippen molar-refractivity contribution in [3.63, 3.8) is 0 Å². The van der Waals surface area contributed by atoms with Crippen molar-refractivity contribution < 1.29 is 27.9 Å². The van der Waals surface area contributed by atoms with E-state index in [1.807, 2.05) is 24.3 Å². The van der Waals surface area contributed by atoms with Gasteiger partial charge in [-0.05, 0) is 104 Å². The summed E-state index contributed by atoms with van der Waals surface area (Å²) in [5.41, 5.74) is 6.03. The highest BCUT2D eigenvalue weighted by Crippen LogP contribution is 2.40. The maximum absolute atomic E-state index is 12.3. The van der Waals surface area contributed by atoms with Crippen molar-refractivity contribution in [2.24, 2.45) is 0 Å². The molecular weight excluding hydrogens is 523 g/mol. The standard InChI is InChI=1S/C31H42F3NO3S/c1-2-35(19-9-20-39(38)21-17-31(32,33)34)18-6-4-3-5-13-30-28(24-10-7-12-26(36)22-24)14-8-11-25-23-27(37)15-16-29(25)30/h7,10,12,15-16,22-23,36-37H,2-6,8-9,11,13-14,17-21H2,1H3. The van der Waals surface area contributed by atoms with Crippen molar-refractivity contribution in [1.29, 1.82) is 0 Å². The maximum Gasteiger partial charge on any atom is 0.393 e. The first kappa shape index (κ1) is 31.4. The van der Waals surface area contributed by atoms with Gasteiger partial charge in [0, 0.05) is 13.0 Å². The van der Waals surface area contributed by atoms with Gasteiger partial charge in [-0.2, -0.15) is 13.2 Å². The highest BCUT2D eigenvalue weighted by Gasteiger charge is 2.29. The average Bonchev–Trinajstić information content (AvgIpc) is 3.06. The molecule has 1 aliphatic carbocycles. The molecule has 2 aromatic rings. The average molecular weight is 566 g/mol. The van der Waals surface area contributed by atoms with Gasteiger partial charge in [0.15, 0.2) is 0 Å². The molecular formula is C31H42F3NO3S. The van der Waals surface area contributed by atoms with Crippen molar-refractivity contribution >= 4 is 22.3 Å². The summed E-state index contributed by atoms with van der Waals surface area (Å²) in [6, 6.07) is 13.2. The number of phenols is 2. The summed E-state index contributed by atoms with van der Waals surface area (Å²) in [4.78, 5) is 2.29. The Hall–Kier alpha value is -2.16. The molecule has 0 amide bonds. The Morgan fingerprint density at radius 2 is 1.64 bits per heavy atom. The predicted octanol–water partition coefficient (Wildman–Crippen LogP) is 7.71. The smallest absolute Gasteiger partial charge is 0.393 e. The van der Waals surface area contributed by atoms with Gasteiger partial charge in [0.25, 0.3) is 0 Å². The van der Waals surface area contributed by atoms with Gasteiger partial charge >= 0.3 is 6.18 Å². The Kier molecular flexibility index (Phi) is 12.5. The van der Waals surface area contributed by atoms with Gasteiger partial charge in [0.2, 0.25) is 0 Å². The lowest BCUT2D eigenvalue weighted by molar-refractivity contribution is -0.129. The number of rotatable bonds is 15. The molecule has 4 nitrogen and oxygen atoms in total. The van der Waals surface area contributed by atoms with E-state index in [4.69, 9.17) is 0 Å². The normalized spacial score (nSPS) is 14.9. The van der Waals surface area contributed by atoms with Crippen LogP contribution in [-0.2, 0) is 17.6 Å². The van der Waals surface area contributed by atoms with Gasteiger partial charge in [-0.15, -0.1) is 0 Å². The summed E-state index contributed by atoms with van der Waals surface area (Å²) >= 11 is -1.41. The molecule has 0 fully saturated rings. The van der Waals surface area contributed by atoms with Crippen LogP contribution in [0.1, 0.15) is 81.4 Å². The largest absolute Gasteiger partial charge is 0.616 e. The third-order valence-electron chi connectivity index (χ3n) is 7.40. The number of phenolic OH excluding ortho intramolecular Hbond substituents is 2. The zero-order valence-corrected chi connectivity index (χ0v) is 23.8. The third-order valence-corrected chi connectivity index (χ3v) is 8.81. The van der Waals surface area contributed by atoms with Crippen molar-refractivity contribution in [3.8, 4) is 11.5 Å². The SMILES string of the molecule is CCN(CCCCCCC1=C(c2cccc(O)c2)CCCc2cc(O)ccc21)CCC[S+]([O-])CCC(F)(F)F. The van der Waals surface area contributed by atoms with E-state index in [9.17, 15) is 27.9 Å². The minimum absolute atomic E-state index is 0.266. The molecule has 39 heavy (non-hydrogen) atoms. The van der Waals surface area contributed by atoms with Crippen molar-refractivity contribution in [2.45, 2.75) is 77.3 Å². The van der Waals surface area contributed by atoms with Crippen LogP contribution in [0.2, 0.25) is 0 Å². The Balaban J connectivity index is 1.49. The highest BCUT2D eigenvalue weighted by atomic mass is 32.2. The van der Waals surface area contributed by atoms with Crippen molar-refractivity contribution in [2.75, 3.05) is 31.1 Å². The molecule has 2 N–H and O–H groups in total. The Morgan fingerprint density at radius 1 is 0.897 bits per heavy atom. The molecule has 0 saturated heterocycles. The van der Waals surface area contributed by atoms with Crippen LogP contribution in [0.5, 0.6) is 11.5 Å². The predicted molar refractivity (Wildman–Crippen MR) is 154 cm³/mol. The highest BCUT2D eigenvalue weighted by molar-refractivity contribution is 7.91. The molecule has 0 bridgehead atoms. The molecule has 0 spiro atoms. The van der Waals surface area contributed by atoms with E-state index in [2.05, 4.69) is 17.9 Å². The monoisotopic (exact) mass is 565 g/mol. The minimum Gasteiger partial charge on any atom is -0.616 e. The van der Waals surface area contributed by atoms with Crippen LogP contribution in [0, 0.1) is 0 Å². The summed E-state index contributed by atoms with van der Waals surface area (Å²) in [6.07, 6.45) is 3.48. The first-order valence-corrected chi connectivity index (χ1v) is 15.6. The first-order chi connectivity index (χ1) is 18.7. The zero-order chi connectivity index (χ0) is 28.3. The second-order valence-electron chi connectivity index (χ2n) is 10.4. The number of alkyl halides is 3. The fourth-order valence-electron chi connectivity index (χ4n) is 5.35. The molecule has 1 atom stereocenters. The molecule has 8 heteroatoms. The number of benzene rings is 2. The second-order valence-corrected chi connectivity index (χ2v) is 12.1. The van der Waals surface area contributed by atoms with Gasteiger partial charge < -0.3 is 19.7 Å². The van der Waals surface area contributed by atoms with Gasteiger partial charge in [0.05, 0.1) is 6.42 Å². The summed E-state index contributed by atoms with van der Waals surface area (Å²) < 4.78 is 48.7. The molecule has 3 rings (SSSR count). The van der Waals surface area contributed by atoms with E-state index in [0.29, 0.717) is 17.9 Å². The molecule has 0 aromatic heterocycles. The molecule has 2 aromatic carbocycles. The van der Waals surface area contributed by atoms with Crippen LogP contribution >= 0.6 is 0 Å². The van der Waals surface area contributed by atoms with E-state index in [0.717, 1.165) is 76.6 Å². The first-order valence-electron chi connectivity index (χ1n) is 14.1. The summed E-state index contributed by atoms with van der Waals surface area (Å²) in [6.45, 7) is 4.65. The number of nitrogens with zero attached hydrogens (tertiary/aromatic N) is 1. The van der Waals surface area contributed by atoms with Crippen LogP contribution in [0.3, 0.4) is 0 Å². The van der Waals surface area contributed by atoms with E-state index in [-0.39, 0.29) is 11.5 Å². The summed E-state index contributed by atoms with van der Waals surface area (Å²) in [5.74, 6) is 0.581. The number of hydrogen-bond acceptors (Lipinski definition) is 4. The Morgan fingerprint density at radius 3 is 2.38 bits per heavy atom. The van der Waals surface area contributed by atoms with Gasteiger partial charge in [-0.1, -0.05) is 49.1 Å². The Bertz CT molecular complexity index is 1070. The fourth-order valence-corrected chi connectivity index (χ4v) is 6.46. The number of halogens is 3. The van der Waals surface area contributed by atoms with Crippen LogP contribution < -0.4 is 0 Å². The van der Waals surface area contributed by atoms with Crippen LogP contribution in [0.4, 0.5) is 13.2 Å². The number of fused-ring (bicyclic) bond motifs is 1. The van der Waals surface area contributed by atoms with Crippen LogP contribution in [0.25, 0.3) is 11.1 Å². The number of unbranched alkanes of at least 4 members (excludes halogenated alkanes) is 3. The summed E-state index contributed by atoms with van der Waals surface area (Å²) in [7, 11) is 0. The van der Waals surface area contributed by atoms with Gasteiger partial charge in [-0.3, -0.25) is 0 Å². The summed E-state index contributed by atoms with van der Waals surface area (Å²) in [5, 5.41) is 20.1. The van der Waals surface area contributed by atoms with E-state index >= 15 is 0 Å². The van der Waals surface area contributed by atoms with Gasteiger partial charge in [0.1, 0.15) is 23.0 Å². The van der Waals surface area contributed by atoms with Crippen LogP contribution in [-0.4, -0.2) is 57.0 Å². The van der Waals surface area contributed by atoms with Gasteiger partial charge in [-0.25, -0.2) is 0 Å². The Labute approximate surface area is 234 Å². The number of hydrogen-bond donors (Lipinski definition) is 2. The third kappa shape index (κ3) is 10.7. The van der Waals surface area contributed by atoms with E-state index in [1.54, 1.807) is 12.1 Å². The molecule has 0 heterocycles. The zero-order valence-electron chi connectivity index (χ0n) is 22.9. The fraction of sp³-hybridized carbons (Fsp3) is 0.548. The lowest BCUT2D eigenvalue weighted by Gasteiger charge is -2.21.